The number of hydrogen-bond donors (Lipinski definition) is 1. The number of terminal acetylenes is 1. The number of ether oxygens (including phenoxy) is 2. The van der Waals surface area contributed by atoms with Gasteiger partial charge in [-0.2, -0.15) is 0 Å². The highest BCUT2D eigenvalue weighted by Crippen LogP contribution is 2.54. The maximum Gasteiger partial charge on any atom is 0.344 e. The van der Waals surface area contributed by atoms with Gasteiger partial charge in [0.25, 0.3) is 0 Å². The third-order valence-corrected chi connectivity index (χ3v) is 5.15. The highest BCUT2D eigenvalue weighted by atomic mass is 16.5. The highest BCUT2D eigenvalue weighted by molar-refractivity contribution is 6.18. The summed E-state index contributed by atoms with van der Waals surface area (Å²) in [7, 11) is 0. The maximum absolute atomic E-state index is 13.9. The molecule has 1 aromatic heterocycles. The number of carbonyl (C=O) groups is 2. The van der Waals surface area contributed by atoms with Crippen molar-refractivity contribution in [3.05, 3.63) is 69.1 Å². The number of amides is 1. The Morgan fingerprint density at radius 1 is 1.33 bits per heavy atom. The molecule has 3 heterocycles. The number of hydrogen-bond acceptors (Lipinski definition) is 7. The minimum Gasteiger partial charge on any atom is -0.462 e. The number of rotatable bonds is 3. The molecule has 1 amide bonds. The summed E-state index contributed by atoms with van der Waals surface area (Å²) >= 11 is 0. The van der Waals surface area contributed by atoms with Gasteiger partial charge < -0.3 is 19.6 Å². The molecule has 30 heavy (non-hydrogen) atoms. The molecule has 2 aromatic rings. The van der Waals surface area contributed by atoms with Crippen molar-refractivity contribution in [2.45, 2.75) is 19.3 Å². The zero-order valence-electron chi connectivity index (χ0n) is 16.4. The van der Waals surface area contributed by atoms with Gasteiger partial charge in [0, 0.05) is 17.3 Å². The van der Waals surface area contributed by atoms with E-state index in [9.17, 15) is 14.4 Å². The van der Waals surface area contributed by atoms with Gasteiger partial charge >= 0.3 is 11.6 Å². The smallest absolute Gasteiger partial charge is 0.344 e. The largest absolute Gasteiger partial charge is 0.462 e. The standard InChI is InChI=1S/C22H18N2O6/c1-4-10-24-14-9-7-6-8-13(14)22(21(24)27)16-15(11-12(3)29-20(16)26)30-18(23)17(22)19(25)28-5-2/h1,6-9,11H,5,10,23H2,2-3H3. The monoisotopic (exact) mass is 406 g/mol. The van der Waals surface area contributed by atoms with Crippen molar-refractivity contribution in [3.63, 3.8) is 0 Å². The number of esters is 1. The Labute approximate surface area is 171 Å². The second-order valence-corrected chi connectivity index (χ2v) is 6.81. The van der Waals surface area contributed by atoms with Crippen LogP contribution < -0.4 is 21.0 Å². The number of nitrogens with zero attached hydrogens (tertiary/aromatic N) is 1. The van der Waals surface area contributed by atoms with Crippen molar-refractivity contribution >= 4 is 17.6 Å². The van der Waals surface area contributed by atoms with Gasteiger partial charge in [-0.25, -0.2) is 9.59 Å². The first kappa shape index (κ1) is 19.3. The van der Waals surface area contributed by atoms with Crippen LogP contribution in [-0.2, 0) is 19.7 Å². The van der Waals surface area contributed by atoms with Gasteiger partial charge in [-0.15, -0.1) is 6.42 Å². The Balaban J connectivity index is 2.17. The van der Waals surface area contributed by atoms with E-state index in [-0.39, 0.29) is 41.7 Å². The van der Waals surface area contributed by atoms with Gasteiger partial charge in [0.1, 0.15) is 28.1 Å². The first-order chi connectivity index (χ1) is 14.4. The molecule has 1 unspecified atom stereocenters. The summed E-state index contributed by atoms with van der Waals surface area (Å²) in [5.41, 5.74) is 3.84. The van der Waals surface area contributed by atoms with Crippen molar-refractivity contribution in [1.82, 2.24) is 0 Å². The lowest BCUT2D eigenvalue weighted by Gasteiger charge is -2.34. The zero-order chi connectivity index (χ0) is 21.6. The molecule has 152 valence electrons. The van der Waals surface area contributed by atoms with Crippen molar-refractivity contribution in [2.75, 3.05) is 18.1 Å². The average Bonchev–Trinajstić information content (AvgIpc) is 2.91. The number of anilines is 1. The van der Waals surface area contributed by atoms with Crippen LogP contribution in [0.3, 0.4) is 0 Å². The van der Waals surface area contributed by atoms with Crippen LogP contribution in [0.25, 0.3) is 0 Å². The Kier molecular flexibility index (Phi) is 4.39. The minimum atomic E-state index is -1.90. The van der Waals surface area contributed by atoms with Crippen LogP contribution in [-0.4, -0.2) is 25.0 Å². The van der Waals surface area contributed by atoms with Gasteiger partial charge in [-0.05, 0) is 19.9 Å². The lowest BCUT2D eigenvalue weighted by molar-refractivity contribution is -0.140. The van der Waals surface area contributed by atoms with E-state index < -0.39 is 22.9 Å². The number of nitrogens with two attached hydrogens (primary N) is 1. The quantitative estimate of drug-likeness (QED) is 0.605. The Morgan fingerprint density at radius 3 is 2.77 bits per heavy atom. The maximum atomic E-state index is 13.9. The van der Waals surface area contributed by atoms with Gasteiger partial charge in [0.05, 0.1) is 13.2 Å². The summed E-state index contributed by atoms with van der Waals surface area (Å²) in [5, 5.41) is 0. The Hall–Kier alpha value is -3.99. The molecule has 0 fully saturated rings. The lowest BCUT2D eigenvalue weighted by atomic mass is 9.69. The molecule has 0 saturated heterocycles. The summed E-state index contributed by atoms with van der Waals surface area (Å²) in [6.45, 7) is 3.14. The van der Waals surface area contributed by atoms with Crippen LogP contribution >= 0.6 is 0 Å². The molecule has 0 aliphatic carbocycles. The molecule has 1 aromatic carbocycles. The van der Waals surface area contributed by atoms with Gasteiger partial charge in [0.15, 0.2) is 0 Å². The van der Waals surface area contributed by atoms with Crippen LogP contribution in [0.5, 0.6) is 5.75 Å². The highest BCUT2D eigenvalue weighted by Gasteiger charge is 2.62. The van der Waals surface area contributed by atoms with E-state index in [1.807, 2.05) is 0 Å². The summed E-state index contributed by atoms with van der Waals surface area (Å²) in [4.78, 5) is 41.2. The van der Waals surface area contributed by atoms with Crippen LogP contribution in [0.4, 0.5) is 5.69 Å². The second kappa shape index (κ2) is 6.81. The molecular formula is C22H18N2O6. The van der Waals surface area contributed by atoms with E-state index in [2.05, 4.69) is 5.92 Å². The Bertz CT molecular complexity index is 1220. The van der Waals surface area contributed by atoms with Crippen LogP contribution in [0, 0.1) is 19.3 Å². The van der Waals surface area contributed by atoms with E-state index in [1.165, 1.54) is 11.0 Å². The first-order valence-electron chi connectivity index (χ1n) is 9.23. The third-order valence-electron chi connectivity index (χ3n) is 5.15. The van der Waals surface area contributed by atoms with Crippen molar-refractivity contribution in [2.24, 2.45) is 5.73 Å². The van der Waals surface area contributed by atoms with Crippen molar-refractivity contribution in [1.29, 1.82) is 0 Å². The van der Waals surface area contributed by atoms with Crippen LogP contribution in [0.1, 0.15) is 23.8 Å². The minimum absolute atomic E-state index is 0.0327. The van der Waals surface area contributed by atoms with Crippen LogP contribution in [0.2, 0.25) is 0 Å². The topological polar surface area (TPSA) is 112 Å². The molecule has 8 heteroatoms. The van der Waals surface area contributed by atoms with E-state index in [4.69, 9.17) is 26.0 Å². The molecule has 2 aliphatic rings. The molecular weight excluding hydrogens is 388 g/mol. The molecule has 0 radical (unpaired) electrons. The summed E-state index contributed by atoms with van der Waals surface area (Å²) in [6.07, 6.45) is 5.48. The second-order valence-electron chi connectivity index (χ2n) is 6.81. The van der Waals surface area contributed by atoms with Crippen molar-refractivity contribution in [3.8, 4) is 18.1 Å². The number of aryl methyl sites for hydroxylation is 1. The fourth-order valence-electron chi connectivity index (χ4n) is 4.12. The van der Waals surface area contributed by atoms with Gasteiger partial charge in [0.2, 0.25) is 11.8 Å². The molecule has 2 aliphatic heterocycles. The van der Waals surface area contributed by atoms with Crippen molar-refractivity contribution < 1.29 is 23.5 Å². The van der Waals surface area contributed by atoms with E-state index in [0.29, 0.717) is 11.3 Å². The molecule has 0 saturated carbocycles. The number of benzene rings is 1. The predicted octanol–water partition coefficient (Wildman–Crippen LogP) is 1.34. The zero-order valence-corrected chi connectivity index (χ0v) is 16.4. The van der Waals surface area contributed by atoms with Crippen LogP contribution in [0.15, 0.2) is 51.0 Å². The summed E-state index contributed by atoms with van der Waals surface area (Å²) in [6, 6.07) is 8.20. The van der Waals surface area contributed by atoms with E-state index >= 15 is 0 Å². The number of carbonyl (C=O) groups excluding carboxylic acids is 2. The summed E-state index contributed by atoms with van der Waals surface area (Å²) < 4.78 is 16.1. The first-order valence-corrected chi connectivity index (χ1v) is 9.23. The number of fused-ring (bicyclic) bond motifs is 4. The SMILES string of the molecule is C#CCN1C(=O)C2(C(C(=O)OCC)=C(N)Oc3cc(C)oc(=O)c32)c2ccccc21. The molecule has 1 atom stereocenters. The summed E-state index contributed by atoms with van der Waals surface area (Å²) in [5.74, 6) is 0.951. The number of para-hydroxylation sites is 1. The van der Waals surface area contributed by atoms with Gasteiger partial charge in [-0.3, -0.25) is 9.69 Å². The molecule has 8 nitrogen and oxygen atoms in total. The average molecular weight is 406 g/mol. The molecule has 4 rings (SSSR count). The van der Waals surface area contributed by atoms with Gasteiger partial charge in [-0.1, -0.05) is 24.1 Å². The third kappa shape index (κ3) is 2.38. The normalized spacial score (nSPS) is 19.2. The molecule has 0 bridgehead atoms. The molecule has 2 N–H and O–H groups in total. The predicted molar refractivity (Wildman–Crippen MR) is 107 cm³/mol. The lowest BCUT2D eigenvalue weighted by Crippen LogP contribution is -2.51. The van der Waals surface area contributed by atoms with E-state index in [1.54, 1.807) is 38.1 Å². The Morgan fingerprint density at radius 2 is 2.07 bits per heavy atom. The fourth-order valence-corrected chi connectivity index (χ4v) is 4.12. The molecule has 1 spiro atoms. The van der Waals surface area contributed by atoms with E-state index in [0.717, 1.165) is 0 Å². The fraction of sp³-hybridized carbons (Fsp3) is 0.227.